The molecule has 0 aliphatic heterocycles. The number of rotatable bonds is 4. The van der Waals surface area contributed by atoms with Crippen molar-refractivity contribution in [1.29, 1.82) is 0 Å². The second-order valence-electron chi connectivity index (χ2n) is 4.15. The van der Waals surface area contributed by atoms with Crippen LogP contribution in [0.1, 0.15) is 13.8 Å². The van der Waals surface area contributed by atoms with E-state index in [1.807, 2.05) is 11.9 Å². The second kappa shape index (κ2) is 5.60. The van der Waals surface area contributed by atoms with E-state index < -0.39 is 0 Å². The molecule has 0 bridgehead atoms. The van der Waals surface area contributed by atoms with Gasteiger partial charge in [-0.05, 0) is 12.0 Å². The van der Waals surface area contributed by atoms with Crippen molar-refractivity contribution in [3.8, 4) is 0 Å². The van der Waals surface area contributed by atoms with Crippen LogP contribution in [-0.2, 0) is 0 Å². The van der Waals surface area contributed by atoms with Gasteiger partial charge >= 0.3 is 0 Å². The molecule has 0 spiro atoms. The molecule has 0 aromatic carbocycles. The van der Waals surface area contributed by atoms with E-state index in [0.29, 0.717) is 21.8 Å². The molecule has 0 atom stereocenters. The Labute approximate surface area is 107 Å². The number of halogens is 2. The first-order valence-electron chi connectivity index (χ1n) is 5.20. The van der Waals surface area contributed by atoms with Crippen LogP contribution in [0.2, 0.25) is 10.0 Å². The molecular formula is C11H17Cl2N3. The van der Waals surface area contributed by atoms with Crippen LogP contribution in [0, 0.1) is 5.92 Å². The Bertz CT molecular complexity index is 366. The van der Waals surface area contributed by atoms with Gasteiger partial charge in [0.1, 0.15) is 11.6 Å². The first kappa shape index (κ1) is 13.4. The molecule has 0 fully saturated rings. The van der Waals surface area contributed by atoms with Gasteiger partial charge in [-0.1, -0.05) is 37.0 Å². The van der Waals surface area contributed by atoms with E-state index in [1.165, 1.54) is 0 Å². The van der Waals surface area contributed by atoms with Crippen LogP contribution in [0.15, 0.2) is 6.07 Å². The highest BCUT2D eigenvalue weighted by molar-refractivity contribution is 6.37. The standard InChI is InChI=1S/C11H17Cl2N3/c1-7(2)6-16(4)11-9(13)5-8(12)10(14-3)15-11/h5,7H,6H2,1-4H3,(H,14,15). The van der Waals surface area contributed by atoms with E-state index in [4.69, 9.17) is 23.2 Å². The quantitative estimate of drug-likeness (QED) is 0.899. The number of anilines is 2. The highest BCUT2D eigenvalue weighted by atomic mass is 35.5. The van der Waals surface area contributed by atoms with Gasteiger partial charge in [-0.3, -0.25) is 0 Å². The van der Waals surface area contributed by atoms with Crippen LogP contribution >= 0.6 is 23.2 Å². The minimum Gasteiger partial charge on any atom is -0.372 e. The molecule has 0 saturated heterocycles. The van der Waals surface area contributed by atoms with Gasteiger partial charge in [-0.2, -0.15) is 0 Å². The van der Waals surface area contributed by atoms with Crippen LogP contribution in [0.5, 0.6) is 0 Å². The lowest BCUT2D eigenvalue weighted by atomic mass is 10.2. The summed E-state index contributed by atoms with van der Waals surface area (Å²) in [4.78, 5) is 6.43. The molecule has 5 heteroatoms. The first-order chi connectivity index (χ1) is 7.45. The maximum Gasteiger partial charge on any atom is 0.149 e. The van der Waals surface area contributed by atoms with Crippen LogP contribution in [0.25, 0.3) is 0 Å². The Morgan fingerprint density at radius 1 is 1.38 bits per heavy atom. The molecule has 1 rings (SSSR count). The lowest BCUT2D eigenvalue weighted by Gasteiger charge is -2.22. The van der Waals surface area contributed by atoms with Gasteiger partial charge in [0, 0.05) is 20.6 Å². The molecule has 0 aliphatic carbocycles. The second-order valence-corrected chi connectivity index (χ2v) is 4.96. The maximum absolute atomic E-state index is 6.12. The summed E-state index contributed by atoms with van der Waals surface area (Å²) in [5.74, 6) is 1.96. The fourth-order valence-electron chi connectivity index (χ4n) is 1.53. The summed E-state index contributed by atoms with van der Waals surface area (Å²) < 4.78 is 0. The average Bonchev–Trinajstić information content (AvgIpc) is 2.16. The van der Waals surface area contributed by atoms with Crippen molar-refractivity contribution < 1.29 is 0 Å². The van der Waals surface area contributed by atoms with Crippen molar-refractivity contribution in [2.24, 2.45) is 5.92 Å². The Balaban J connectivity index is 3.03. The van der Waals surface area contributed by atoms with E-state index in [2.05, 4.69) is 24.1 Å². The molecule has 3 nitrogen and oxygen atoms in total. The molecule has 0 aliphatic rings. The fourth-order valence-corrected chi connectivity index (χ4v) is 2.13. The van der Waals surface area contributed by atoms with Gasteiger partial charge in [0.15, 0.2) is 0 Å². The van der Waals surface area contributed by atoms with E-state index in [9.17, 15) is 0 Å². The van der Waals surface area contributed by atoms with E-state index in [0.717, 1.165) is 12.4 Å². The predicted octanol–water partition coefficient (Wildman–Crippen LogP) is 3.52. The van der Waals surface area contributed by atoms with Crippen LogP contribution in [0.4, 0.5) is 11.6 Å². The molecule has 16 heavy (non-hydrogen) atoms. The third-order valence-electron chi connectivity index (χ3n) is 2.15. The van der Waals surface area contributed by atoms with Gasteiger partial charge in [-0.25, -0.2) is 4.98 Å². The molecule has 0 saturated carbocycles. The number of hydrogen-bond acceptors (Lipinski definition) is 3. The molecular weight excluding hydrogens is 245 g/mol. The zero-order valence-corrected chi connectivity index (χ0v) is 11.5. The fraction of sp³-hybridized carbons (Fsp3) is 0.545. The lowest BCUT2D eigenvalue weighted by molar-refractivity contribution is 0.635. The molecule has 1 heterocycles. The Morgan fingerprint density at radius 2 is 2.00 bits per heavy atom. The average molecular weight is 262 g/mol. The van der Waals surface area contributed by atoms with Gasteiger partial charge in [0.05, 0.1) is 10.0 Å². The third kappa shape index (κ3) is 3.16. The van der Waals surface area contributed by atoms with E-state index >= 15 is 0 Å². The summed E-state index contributed by atoms with van der Waals surface area (Å²) in [5.41, 5.74) is 0. The van der Waals surface area contributed by atoms with Crippen LogP contribution in [-0.4, -0.2) is 25.6 Å². The third-order valence-corrected chi connectivity index (χ3v) is 2.71. The number of pyridine rings is 1. The number of nitrogens with zero attached hydrogens (tertiary/aromatic N) is 2. The van der Waals surface area contributed by atoms with Gasteiger partial charge in [0.2, 0.25) is 0 Å². The van der Waals surface area contributed by atoms with Crippen molar-refractivity contribution in [1.82, 2.24) is 4.98 Å². The van der Waals surface area contributed by atoms with Crippen molar-refractivity contribution in [2.45, 2.75) is 13.8 Å². The molecule has 0 amide bonds. The number of aromatic nitrogens is 1. The summed E-state index contributed by atoms with van der Waals surface area (Å²) in [7, 11) is 3.76. The smallest absolute Gasteiger partial charge is 0.149 e. The Hall–Kier alpha value is -0.670. The number of nitrogens with one attached hydrogen (secondary N) is 1. The summed E-state index contributed by atoms with van der Waals surface area (Å²) in [6.07, 6.45) is 0. The maximum atomic E-state index is 6.12. The highest BCUT2D eigenvalue weighted by Crippen LogP contribution is 2.30. The van der Waals surface area contributed by atoms with Gasteiger partial charge in [0.25, 0.3) is 0 Å². The van der Waals surface area contributed by atoms with Crippen molar-refractivity contribution in [3.05, 3.63) is 16.1 Å². The van der Waals surface area contributed by atoms with Crippen LogP contribution < -0.4 is 10.2 Å². The topological polar surface area (TPSA) is 28.2 Å². The highest BCUT2D eigenvalue weighted by Gasteiger charge is 2.12. The predicted molar refractivity (Wildman–Crippen MR) is 71.9 cm³/mol. The lowest BCUT2D eigenvalue weighted by Crippen LogP contribution is -2.24. The van der Waals surface area contributed by atoms with Gasteiger partial charge in [-0.15, -0.1) is 0 Å². The molecule has 90 valence electrons. The zero-order valence-electron chi connectivity index (χ0n) is 10.0. The largest absolute Gasteiger partial charge is 0.372 e. The SMILES string of the molecule is CNc1nc(N(C)CC(C)C)c(Cl)cc1Cl. The Kier molecular flexibility index (Phi) is 4.69. The summed E-state index contributed by atoms with van der Waals surface area (Å²) in [5, 5.41) is 4.06. The van der Waals surface area contributed by atoms with Gasteiger partial charge < -0.3 is 10.2 Å². The van der Waals surface area contributed by atoms with Crippen LogP contribution in [0.3, 0.4) is 0 Å². The minimum absolute atomic E-state index is 0.536. The molecule has 1 aromatic heterocycles. The summed E-state index contributed by atoms with van der Waals surface area (Å²) in [6, 6.07) is 1.72. The van der Waals surface area contributed by atoms with E-state index in [1.54, 1.807) is 13.1 Å². The monoisotopic (exact) mass is 261 g/mol. The number of hydrogen-bond donors (Lipinski definition) is 1. The molecule has 0 unspecified atom stereocenters. The van der Waals surface area contributed by atoms with Crippen molar-refractivity contribution >= 4 is 34.8 Å². The normalized spacial score (nSPS) is 10.7. The molecule has 0 radical (unpaired) electrons. The van der Waals surface area contributed by atoms with E-state index in [-0.39, 0.29) is 0 Å². The Morgan fingerprint density at radius 3 is 2.50 bits per heavy atom. The van der Waals surface area contributed by atoms with Crippen molar-refractivity contribution in [2.75, 3.05) is 30.9 Å². The minimum atomic E-state index is 0.536. The van der Waals surface area contributed by atoms with Crippen molar-refractivity contribution in [3.63, 3.8) is 0 Å². The molecule has 1 N–H and O–H groups in total. The summed E-state index contributed by atoms with van der Waals surface area (Å²) in [6.45, 7) is 5.20. The zero-order chi connectivity index (χ0) is 12.3. The molecule has 1 aromatic rings. The first-order valence-corrected chi connectivity index (χ1v) is 5.96. The summed E-state index contributed by atoms with van der Waals surface area (Å²) >= 11 is 12.1.